The van der Waals surface area contributed by atoms with Gasteiger partial charge in [0.05, 0.1) is 5.56 Å². The summed E-state index contributed by atoms with van der Waals surface area (Å²) in [6, 6.07) is 12.6. The molecule has 0 aliphatic heterocycles. The van der Waals surface area contributed by atoms with E-state index in [0.29, 0.717) is 6.54 Å². The highest BCUT2D eigenvalue weighted by molar-refractivity contribution is 5.81. The van der Waals surface area contributed by atoms with Crippen LogP contribution in [-0.4, -0.2) is 12.8 Å². The summed E-state index contributed by atoms with van der Waals surface area (Å²) < 4.78 is 37.4. The van der Waals surface area contributed by atoms with Crippen LogP contribution in [0.2, 0.25) is 0 Å². The van der Waals surface area contributed by atoms with Gasteiger partial charge in [-0.1, -0.05) is 36.4 Å². The summed E-state index contributed by atoms with van der Waals surface area (Å²) in [4.78, 5) is 4.02. The lowest BCUT2D eigenvalue weighted by Gasteiger charge is -2.08. The highest BCUT2D eigenvalue weighted by atomic mass is 19.4. The van der Waals surface area contributed by atoms with Crippen molar-refractivity contribution in [2.45, 2.75) is 6.18 Å². The van der Waals surface area contributed by atoms with Crippen LogP contribution in [-0.2, 0) is 6.18 Å². The van der Waals surface area contributed by atoms with Crippen LogP contribution in [0.25, 0.3) is 11.1 Å². The third-order valence-electron chi connectivity index (χ3n) is 2.83. The molecule has 2 aromatic rings. The smallest absolute Gasteiger partial charge is 0.293 e. The highest BCUT2D eigenvalue weighted by Crippen LogP contribution is 2.30. The molecule has 0 spiro atoms. The molecule has 0 saturated heterocycles. The zero-order valence-corrected chi connectivity index (χ0v) is 10.7. The van der Waals surface area contributed by atoms with Gasteiger partial charge in [0.25, 0.3) is 0 Å². The largest absolute Gasteiger partial charge is 0.416 e. The number of rotatable bonds is 3. The maximum atomic E-state index is 12.5. The van der Waals surface area contributed by atoms with Gasteiger partial charge in [0.1, 0.15) is 0 Å². The molecule has 2 aromatic carbocycles. The third kappa shape index (κ3) is 3.47. The lowest BCUT2D eigenvalue weighted by molar-refractivity contribution is -0.137. The third-order valence-corrected chi connectivity index (χ3v) is 2.83. The van der Waals surface area contributed by atoms with Gasteiger partial charge < -0.3 is 0 Å². The van der Waals surface area contributed by atoms with Crippen molar-refractivity contribution < 1.29 is 13.2 Å². The number of nitrogens with zero attached hydrogens (tertiary/aromatic N) is 1. The minimum Gasteiger partial charge on any atom is -0.293 e. The van der Waals surface area contributed by atoms with Crippen molar-refractivity contribution in [1.82, 2.24) is 0 Å². The Morgan fingerprint density at radius 3 is 1.85 bits per heavy atom. The van der Waals surface area contributed by atoms with Crippen molar-refractivity contribution in [3.8, 4) is 11.1 Å². The molecule has 0 amide bonds. The molecule has 103 valence electrons. The van der Waals surface area contributed by atoms with Gasteiger partial charge in [0.2, 0.25) is 0 Å². The molecule has 1 nitrogen and oxygen atoms in total. The molecule has 4 heteroatoms. The van der Waals surface area contributed by atoms with Crippen LogP contribution in [0, 0.1) is 6.92 Å². The van der Waals surface area contributed by atoms with Gasteiger partial charge in [-0.15, -0.1) is 0 Å². The molecule has 1 radical (unpaired) electrons. The first-order valence-electron chi connectivity index (χ1n) is 6.07. The van der Waals surface area contributed by atoms with Gasteiger partial charge in [0.15, 0.2) is 0 Å². The fraction of sp³-hybridized carbons (Fsp3) is 0.125. The molecule has 0 bridgehead atoms. The molecule has 0 aliphatic carbocycles. The first-order chi connectivity index (χ1) is 9.50. The van der Waals surface area contributed by atoms with Gasteiger partial charge in [-0.25, -0.2) is 0 Å². The van der Waals surface area contributed by atoms with Crippen molar-refractivity contribution in [1.29, 1.82) is 0 Å². The van der Waals surface area contributed by atoms with Crippen LogP contribution < -0.4 is 0 Å². The van der Waals surface area contributed by atoms with Gasteiger partial charge in [0, 0.05) is 12.8 Å². The lowest BCUT2D eigenvalue weighted by atomic mass is 10.0. The van der Waals surface area contributed by atoms with Crippen LogP contribution in [0.3, 0.4) is 0 Å². The molecule has 2 rings (SSSR count). The maximum absolute atomic E-state index is 12.5. The van der Waals surface area contributed by atoms with E-state index in [-0.39, 0.29) is 0 Å². The first kappa shape index (κ1) is 14.3. The van der Waals surface area contributed by atoms with Crippen molar-refractivity contribution in [3.63, 3.8) is 0 Å². The molecule has 0 heterocycles. The second-order valence-electron chi connectivity index (χ2n) is 4.23. The van der Waals surface area contributed by atoms with Crippen LogP contribution in [0.5, 0.6) is 0 Å². The molecule has 0 unspecified atom stereocenters. The molecule has 0 saturated carbocycles. The number of hydrogen-bond acceptors (Lipinski definition) is 1. The standard InChI is InChI=1S/C16H13F3N/c1-2-20-11-12-3-5-13(6-4-12)14-7-9-15(10-8-14)16(17,18)19/h3-11H,1-2H2. The topological polar surface area (TPSA) is 12.4 Å². The summed E-state index contributed by atoms with van der Waals surface area (Å²) in [5.41, 5.74) is 1.91. The van der Waals surface area contributed by atoms with E-state index in [1.54, 1.807) is 6.21 Å². The average Bonchev–Trinajstić information content (AvgIpc) is 2.45. The van der Waals surface area contributed by atoms with Crippen molar-refractivity contribution in [3.05, 3.63) is 66.6 Å². The minimum atomic E-state index is -4.30. The Bertz CT molecular complexity index is 581. The zero-order valence-electron chi connectivity index (χ0n) is 10.7. The number of hydrogen-bond donors (Lipinski definition) is 0. The van der Waals surface area contributed by atoms with Crippen molar-refractivity contribution >= 4 is 6.21 Å². The molecule has 0 N–H and O–H groups in total. The van der Waals surface area contributed by atoms with Crippen molar-refractivity contribution in [2.24, 2.45) is 4.99 Å². The molecule has 0 atom stereocenters. The highest BCUT2D eigenvalue weighted by Gasteiger charge is 2.29. The maximum Gasteiger partial charge on any atom is 0.416 e. The summed E-state index contributed by atoms with van der Waals surface area (Å²) in [6.07, 6.45) is -2.59. The van der Waals surface area contributed by atoms with E-state index in [1.165, 1.54) is 12.1 Å². The fourth-order valence-electron chi connectivity index (χ4n) is 1.78. The quantitative estimate of drug-likeness (QED) is 0.725. The predicted octanol–water partition coefficient (Wildman–Crippen LogP) is 4.63. The molecule has 0 fully saturated rings. The van der Waals surface area contributed by atoms with Crippen LogP contribution in [0.4, 0.5) is 13.2 Å². The second-order valence-corrected chi connectivity index (χ2v) is 4.23. The van der Waals surface area contributed by atoms with E-state index < -0.39 is 11.7 Å². The summed E-state index contributed by atoms with van der Waals surface area (Å²) in [5, 5.41) is 0. The molecule has 0 aliphatic rings. The Morgan fingerprint density at radius 2 is 1.40 bits per heavy atom. The fourth-order valence-corrected chi connectivity index (χ4v) is 1.78. The van der Waals surface area contributed by atoms with E-state index >= 15 is 0 Å². The number of halogens is 3. The van der Waals surface area contributed by atoms with Gasteiger partial charge in [-0.05, 0) is 35.7 Å². The van der Waals surface area contributed by atoms with Gasteiger partial charge in [-0.3, -0.25) is 4.99 Å². The van der Waals surface area contributed by atoms with E-state index in [2.05, 4.69) is 11.9 Å². The second kappa shape index (κ2) is 5.90. The minimum absolute atomic E-state index is 0.473. The SMILES string of the molecule is [CH2]CN=Cc1ccc(-c2ccc(C(F)(F)F)cc2)cc1. The Kier molecular flexibility index (Phi) is 4.23. The zero-order chi connectivity index (χ0) is 14.6. The Balaban J connectivity index is 2.21. The summed E-state index contributed by atoms with van der Waals surface area (Å²) >= 11 is 0. The number of aliphatic imine (C=N–C) groups is 1. The van der Waals surface area contributed by atoms with E-state index in [1.807, 2.05) is 24.3 Å². The molecule has 20 heavy (non-hydrogen) atoms. The van der Waals surface area contributed by atoms with E-state index in [9.17, 15) is 13.2 Å². The Hall–Kier alpha value is -2.10. The molecular formula is C16H13F3N. The molecule has 0 aromatic heterocycles. The van der Waals surface area contributed by atoms with Crippen molar-refractivity contribution in [2.75, 3.05) is 6.54 Å². The number of benzene rings is 2. The summed E-state index contributed by atoms with van der Waals surface area (Å²) in [5.74, 6) is 0. The normalized spacial score (nSPS) is 12.0. The van der Waals surface area contributed by atoms with Gasteiger partial charge in [-0.2, -0.15) is 13.2 Å². The van der Waals surface area contributed by atoms with Gasteiger partial charge >= 0.3 is 6.18 Å². The van der Waals surface area contributed by atoms with E-state index in [4.69, 9.17) is 0 Å². The molecular weight excluding hydrogens is 263 g/mol. The first-order valence-corrected chi connectivity index (χ1v) is 6.07. The number of alkyl halides is 3. The average molecular weight is 276 g/mol. The Morgan fingerprint density at radius 1 is 0.900 bits per heavy atom. The summed E-state index contributed by atoms with van der Waals surface area (Å²) in [6.45, 7) is 4.08. The monoisotopic (exact) mass is 276 g/mol. The summed E-state index contributed by atoms with van der Waals surface area (Å²) in [7, 11) is 0. The van der Waals surface area contributed by atoms with Crippen LogP contribution in [0.1, 0.15) is 11.1 Å². The Labute approximate surface area is 115 Å². The van der Waals surface area contributed by atoms with Crippen LogP contribution in [0.15, 0.2) is 53.5 Å². The predicted molar refractivity (Wildman–Crippen MR) is 74.7 cm³/mol. The lowest BCUT2D eigenvalue weighted by Crippen LogP contribution is -2.03. The van der Waals surface area contributed by atoms with E-state index in [0.717, 1.165) is 28.8 Å². The van der Waals surface area contributed by atoms with Crippen LogP contribution >= 0.6 is 0 Å².